The molecule has 2 rings (SSSR count). The van der Waals surface area contributed by atoms with E-state index < -0.39 is 0 Å². The first-order valence-corrected chi connectivity index (χ1v) is 6.36. The zero-order valence-corrected chi connectivity index (χ0v) is 10.6. The summed E-state index contributed by atoms with van der Waals surface area (Å²) in [6, 6.07) is 7.17. The van der Waals surface area contributed by atoms with Crippen LogP contribution in [0.25, 0.3) is 0 Å². The molecule has 1 N–H and O–H groups in total. The van der Waals surface area contributed by atoms with Crippen LogP contribution >= 0.6 is 11.3 Å². The topological polar surface area (TPSA) is 65.8 Å². The van der Waals surface area contributed by atoms with Crippen LogP contribution in [0.4, 0.5) is 5.82 Å². The Labute approximate surface area is 109 Å². The third-order valence-electron chi connectivity index (χ3n) is 2.47. The number of carbonyl (C=O) groups excluding carboxylic acids is 1. The Kier molecular flexibility index (Phi) is 3.70. The minimum atomic E-state index is -0.154. The lowest BCUT2D eigenvalue weighted by molar-refractivity contribution is 0.102. The molecule has 0 fully saturated rings. The van der Waals surface area contributed by atoms with E-state index in [1.807, 2.05) is 24.4 Å². The Bertz CT molecular complexity index is 595. The molecule has 0 spiro atoms. The van der Waals surface area contributed by atoms with Crippen LogP contribution in [0.3, 0.4) is 0 Å². The number of rotatable bonds is 3. The number of hydrogen-bond acceptors (Lipinski definition) is 4. The minimum absolute atomic E-state index is 0.154. The number of thiophene rings is 1. The molecule has 0 atom stereocenters. The van der Waals surface area contributed by atoms with E-state index in [-0.39, 0.29) is 5.91 Å². The number of carbonyl (C=O) groups is 1. The van der Waals surface area contributed by atoms with E-state index in [0.29, 0.717) is 16.3 Å². The average molecular weight is 257 g/mol. The number of aryl methyl sites for hydroxylation is 1. The summed E-state index contributed by atoms with van der Waals surface area (Å²) in [5, 5.41) is 13.3. The first-order chi connectivity index (χ1) is 8.74. The molecule has 2 aromatic rings. The van der Waals surface area contributed by atoms with E-state index in [9.17, 15) is 4.79 Å². The molecule has 0 aliphatic carbocycles. The molecule has 0 saturated carbocycles. The van der Waals surface area contributed by atoms with Crippen molar-refractivity contribution in [2.75, 3.05) is 5.32 Å². The van der Waals surface area contributed by atoms with Gasteiger partial charge in [0.2, 0.25) is 0 Å². The van der Waals surface area contributed by atoms with Crippen molar-refractivity contribution in [1.29, 1.82) is 5.26 Å². The van der Waals surface area contributed by atoms with Crippen molar-refractivity contribution in [2.24, 2.45) is 0 Å². The highest BCUT2D eigenvalue weighted by Crippen LogP contribution is 2.18. The molecule has 2 heterocycles. The van der Waals surface area contributed by atoms with Gasteiger partial charge < -0.3 is 5.32 Å². The molecule has 0 radical (unpaired) electrons. The molecule has 5 heteroatoms. The molecule has 90 valence electrons. The fourth-order valence-electron chi connectivity index (χ4n) is 1.52. The van der Waals surface area contributed by atoms with Crippen molar-refractivity contribution in [2.45, 2.75) is 13.3 Å². The fraction of sp³-hybridized carbons (Fsp3) is 0.154. The summed E-state index contributed by atoms with van der Waals surface area (Å²) in [6.07, 6.45) is 2.26. The van der Waals surface area contributed by atoms with Gasteiger partial charge in [0.05, 0.1) is 10.4 Å². The summed E-state index contributed by atoms with van der Waals surface area (Å²) >= 11 is 1.42. The third kappa shape index (κ3) is 2.55. The van der Waals surface area contributed by atoms with Crippen molar-refractivity contribution < 1.29 is 4.79 Å². The number of nitriles is 1. The first kappa shape index (κ1) is 12.3. The molecule has 2 aromatic heterocycles. The Balaban J connectivity index is 2.14. The highest BCUT2D eigenvalue weighted by Gasteiger charge is 2.12. The van der Waals surface area contributed by atoms with Crippen molar-refractivity contribution >= 4 is 23.1 Å². The van der Waals surface area contributed by atoms with Gasteiger partial charge in [0.25, 0.3) is 5.91 Å². The molecule has 18 heavy (non-hydrogen) atoms. The first-order valence-electron chi connectivity index (χ1n) is 5.48. The Morgan fingerprint density at radius 2 is 2.33 bits per heavy atom. The lowest BCUT2D eigenvalue weighted by atomic mass is 10.2. The second-order valence-corrected chi connectivity index (χ2v) is 4.54. The lowest BCUT2D eigenvalue weighted by Gasteiger charge is -2.04. The number of aromatic nitrogens is 1. The highest BCUT2D eigenvalue weighted by atomic mass is 32.1. The average Bonchev–Trinajstić information content (AvgIpc) is 2.88. The van der Waals surface area contributed by atoms with Crippen LogP contribution in [0, 0.1) is 11.3 Å². The molecule has 1 amide bonds. The predicted molar refractivity (Wildman–Crippen MR) is 70.6 cm³/mol. The summed E-state index contributed by atoms with van der Waals surface area (Å²) in [4.78, 5) is 16.7. The predicted octanol–water partition coefficient (Wildman–Crippen LogP) is 2.83. The van der Waals surface area contributed by atoms with Gasteiger partial charge >= 0.3 is 0 Å². The van der Waals surface area contributed by atoms with Crippen molar-refractivity contribution in [3.8, 4) is 6.07 Å². The van der Waals surface area contributed by atoms with E-state index >= 15 is 0 Å². The molecule has 0 aromatic carbocycles. The zero-order chi connectivity index (χ0) is 13.0. The normalized spacial score (nSPS) is 9.78. The van der Waals surface area contributed by atoms with Gasteiger partial charge in [0, 0.05) is 6.20 Å². The summed E-state index contributed by atoms with van der Waals surface area (Å²) in [7, 11) is 0. The Morgan fingerprint density at radius 1 is 1.50 bits per heavy atom. The maximum atomic E-state index is 12.0. The second kappa shape index (κ2) is 5.43. The van der Waals surface area contributed by atoms with Crippen LogP contribution < -0.4 is 5.32 Å². The van der Waals surface area contributed by atoms with Crippen LogP contribution in [0.1, 0.15) is 27.7 Å². The number of anilines is 1. The van der Waals surface area contributed by atoms with Crippen molar-refractivity contribution in [1.82, 2.24) is 4.98 Å². The molecular weight excluding hydrogens is 246 g/mol. The molecular formula is C13H11N3OS. The van der Waals surface area contributed by atoms with Gasteiger partial charge in [-0.2, -0.15) is 5.26 Å². The number of pyridine rings is 1. The highest BCUT2D eigenvalue weighted by molar-refractivity contribution is 7.12. The fourth-order valence-corrected chi connectivity index (χ4v) is 2.41. The second-order valence-electron chi connectivity index (χ2n) is 3.63. The zero-order valence-electron chi connectivity index (χ0n) is 9.80. The summed E-state index contributed by atoms with van der Waals surface area (Å²) < 4.78 is 0. The van der Waals surface area contributed by atoms with Crippen LogP contribution in [0.5, 0.6) is 0 Å². The molecule has 0 aliphatic heterocycles. The number of hydrogen-bond donors (Lipinski definition) is 1. The van der Waals surface area contributed by atoms with E-state index in [1.54, 1.807) is 12.1 Å². The number of amides is 1. The van der Waals surface area contributed by atoms with Gasteiger partial charge in [-0.25, -0.2) is 4.98 Å². The quantitative estimate of drug-likeness (QED) is 0.919. The van der Waals surface area contributed by atoms with E-state index in [1.165, 1.54) is 17.5 Å². The molecule has 0 bridgehead atoms. The minimum Gasteiger partial charge on any atom is -0.306 e. The largest absolute Gasteiger partial charge is 0.306 e. The van der Waals surface area contributed by atoms with E-state index in [2.05, 4.69) is 10.3 Å². The maximum absolute atomic E-state index is 12.0. The third-order valence-corrected chi connectivity index (χ3v) is 3.42. The number of nitrogens with one attached hydrogen (secondary N) is 1. The van der Waals surface area contributed by atoms with Gasteiger partial charge in [0.1, 0.15) is 11.9 Å². The molecule has 0 saturated heterocycles. The van der Waals surface area contributed by atoms with Crippen LogP contribution in [0.2, 0.25) is 0 Å². The Morgan fingerprint density at radius 3 is 2.94 bits per heavy atom. The summed E-state index contributed by atoms with van der Waals surface area (Å²) in [6.45, 7) is 2.01. The standard InChI is InChI=1S/C13H11N3OS/c1-2-10-5-6-18-12(10)13(17)16-11-4-3-9(7-14)8-15-11/h3-6,8H,2H2,1H3,(H,15,16,17). The van der Waals surface area contributed by atoms with E-state index in [4.69, 9.17) is 5.26 Å². The smallest absolute Gasteiger partial charge is 0.267 e. The van der Waals surface area contributed by atoms with Crippen molar-refractivity contribution in [3.05, 3.63) is 45.8 Å². The van der Waals surface area contributed by atoms with Crippen LogP contribution in [-0.4, -0.2) is 10.9 Å². The van der Waals surface area contributed by atoms with Crippen molar-refractivity contribution in [3.63, 3.8) is 0 Å². The van der Waals surface area contributed by atoms with Gasteiger partial charge in [-0.1, -0.05) is 6.92 Å². The SMILES string of the molecule is CCc1ccsc1C(=O)Nc1ccc(C#N)cn1. The monoisotopic (exact) mass is 257 g/mol. The number of nitrogens with zero attached hydrogens (tertiary/aromatic N) is 2. The van der Waals surface area contributed by atoms with Crippen LogP contribution in [-0.2, 0) is 6.42 Å². The van der Waals surface area contributed by atoms with Crippen LogP contribution in [0.15, 0.2) is 29.8 Å². The van der Waals surface area contributed by atoms with Gasteiger partial charge in [-0.15, -0.1) is 11.3 Å². The summed E-state index contributed by atoms with van der Waals surface area (Å²) in [5.41, 5.74) is 1.50. The molecule has 0 aliphatic rings. The van der Waals surface area contributed by atoms with E-state index in [0.717, 1.165) is 12.0 Å². The van der Waals surface area contributed by atoms with Gasteiger partial charge in [-0.05, 0) is 35.6 Å². The van der Waals surface area contributed by atoms with Gasteiger partial charge in [0.15, 0.2) is 0 Å². The Hall–Kier alpha value is -2.19. The molecule has 0 unspecified atom stereocenters. The summed E-state index contributed by atoms with van der Waals surface area (Å²) in [5.74, 6) is 0.300. The lowest BCUT2D eigenvalue weighted by Crippen LogP contribution is -2.12. The van der Waals surface area contributed by atoms with Gasteiger partial charge in [-0.3, -0.25) is 4.79 Å². The molecule has 4 nitrogen and oxygen atoms in total. The maximum Gasteiger partial charge on any atom is 0.267 e.